The number of aromatic nitrogens is 1. The molecule has 77 heavy (non-hydrogen) atoms. The molecule has 7 nitrogen and oxygen atoms in total. The van der Waals surface area contributed by atoms with Crippen molar-refractivity contribution >= 4 is 134 Å². The number of para-hydroxylation sites is 2. The number of rotatable bonds is 7. The van der Waals surface area contributed by atoms with Crippen LogP contribution < -0.4 is 39.8 Å². The molecule has 0 saturated heterocycles. The zero-order valence-electron chi connectivity index (χ0n) is 46.7. The van der Waals surface area contributed by atoms with Crippen LogP contribution >= 0.6 is 11.3 Å². The third kappa shape index (κ3) is 7.51. The Labute approximate surface area is 463 Å². The minimum absolute atomic E-state index is 0.00867. The van der Waals surface area contributed by atoms with Crippen molar-refractivity contribution in [1.29, 1.82) is 15.8 Å². The zero-order valence-corrected chi connectivity index (χ0v) is 44.3. The van der Waals surface area contributed by atoms with E-state index in [2.05, 4.69) is 133 Å². The van der Waals surface area contributed by atoms with Gasteiger partial charge in [-0.1, -0.05) is 0 Å². The topological polar surface area (TPSA) is 92.0 Å². The maximum atomic E-state index is 10.2. The molecule has 2 aliphatic heterocycles. The molecule has 2 aromatic heterocycles. The molecule has 362 valence electrons. The van der Waals surface area contributed by atoms with Gasteiger partial charge in [0.25, 0.3) is 0 Å². The molecule has 0 bridgehead atoms. The van der Waals surface area contributed by atoms with Crippen LogP contribution in [0, 0.1) is 34.0 Å². The van der Waals surface area contributed by atoms with E-state index in [-0.39, 0.29) is 29.9 Å². The fraction of sp³-hybridized carbons (Fsp3) is 0.0597. The fourth-order valence-corrected chi connectivity index (χ4v) is 15.1. The molecule has 0 spiro atoms. The van der Waals surface area contributed by atoms with Gasteiger partial charge in [-0.3, -0.25) is 0 Å². The number of hydrogen-bond acceptors (Lipinski definition) is 7. The van der Waals surface area contributed by atoms with Crippen LogP contribution in [0.4, 0.5) is 34.1 Å². The molecule has 0 atom stereocenters. The van der Waals surface area contributed by atoms with Crippen LogP contribution in [0.15, 0.2) is 206 Å². The molecule has 10 heteroatoms. The Morgan fingerprint density at radius 1 is 0.558 bits per heavy atom. The van der Waals surface area contributed by atoms with Crippen LogP contribution in [0.2, 0.25) is 0 Å². The average molecular weight is 1070 g/mol. The van der Waals surface area contributed by atoms with Crippen molar-refractivity contribution in [2.45, 2.75) is 26.2 Å². The Balaban J connectivity index is 1.06. The van der Waals surface area contributed by atoms with Crippen molar-refractivity contribution in [2.24, 2.45) is 0 Å². The van der Waals surface area contributed by atoms with Gasteiger partial charge in [-0.2, -0.15) is 5.26 Å². The molecule has 10 aromatic carbocycles. The summed E-state index contributed by atoms with van der Waals surface area (Å²) in [6.07, 6.45) is 0. The second-order valence-electron chi connectivity index (χ2n) is 20.3. The van der Waals surface area contributed by atoms with E-state index in [1.54, 1.807) is 40.5 Å². The normalized spacial score (nSPS) is 13.2. The zero-order chi connectivity index (χ0) is 56.5. The first-order valence-corrected chi connectivity index (χ1v) is 27.6. The third-order valence-electron chi connectivity index (χ3n) is 14.8. The van der Waals surface area contributed by atoms with Gasteiger partial charge in [-0.25, -0.2) is 0 Å². The summed E-state index contributed by atoms with van der Waals surface area (Å²) < 4.78 is 58.7. The monoisotopic (exact) mass is 1080 g/mol. The fourth-order valence-electron chi connectivity index (χ4n) is 11.2. The van der Waals surface area contributed by atoms with Crippen LogP contribution in [0.3, 0.4) is 0 Å². The summed E-state index contributed by atoms with van der Waals surface area (Å²) in [6.45, 7) is 6.26. The summed E-state index contributed by atoms with van der Waals surface area (Å²) >= 11 is 1.33. The number of nitrogens with zero attached hydrogens (tertiary/aromatic N) is 6. The molecular weight excluding hydrogens is 1030 g/mol. The average Bonchev–Trinajstić information content (AvgIpc) is 2.00. The predicted octanol–water partition coefficient (Wildman–Crippen LogP) is 13.6. The molecule has 0 amide bonds. The van der Waals surface area contributed by atoms with E-state index in [9.17, 15) is 18.5 Å². The predicted molar refractivity (Wildman–Crippen MR) is 319 cm³/mol. The van der Waals surface area contributed by atoms with Crippen LogP contribution in [-0.2, 0) is 5.41 Å². The van der Waals surface area contributed by atoms with Gasteiger partial charge in [0.05, 0.1) is 6.07 Å². The summed E-state index contributed by atoms with van der Waals surface area (Å²) in [5.41, 5.74) is 12.3. The van der Waals surface area contributed by atoms with Gasteiger partial charge in [0, 0.05) is 0 Å². The molecule has 0 fully saturated rings. The van der Waals surface area contributed by atoms with Crippen molar-refractivity contribution < 1.29 is 11.6 Å². The Morgan fingerprint density at radius 2 is 1.18 bits per heavy atom. The number of hydrogen-bond donors (Lipinski definition) is 0. The molecule has 14 rings (SSSR count). The molecule has 0 saturated carbocycles. The summed E-state index contributed by atoms with van der Waals surface area (Å²) in [5, 5.41) is 34.1. The first-order valence-electron chi connectivity index (χ1n) is 27.6. The summed E-state index contributed by atoms with van der Waals surface area (Å²) in [7, 11) is 0. The third-order valence-corrected chi connectivity index (χ3v) is 18.4. The van der Waals surface area contributed by atoms with Gasteiger partial charge in [-0.05, 0) is 0 Å². The first-order chi connectivity index (χ1) is 39.7. The van der Waals surface area contributed by atoms with E-state index < -0.39 is 33.1 Å². The maximum absolute atomic E-state index is 10.2. The molecule has 4 heterocycles. The van der Waals surface area contributed by atoms with Crippen LogP contribution in [0.5, 0.6) is 11.5 Å². The van der Waals surface area contributed by atoms with Crippen LogP contribution in [0.1, 0.15) is 49.9 Å². The number of anilines is 6. The quantitative estimate of drug-likeness (QED) is 0.148. The minimum atomic E-state index is -0.489. The Bertz CT molecular complexity index is 4840. The second-order valence-corrected chi connectivity index (χ2v) is 23.6. The van der Waals surface area contributed by atoms with Crippen molar-refractivity contribution in [3.05, 3.63) is 228 Å². The van der Waals surface area contributed by atoms with Crippen molar-refractivity contribution in [2.75, 3.05) is 9.80 Å². The van der Waals surface area contributed by atoms with E-state index in [4.69, 9.17) is 8.85 Å². The van der Waals surface area contributed by atoms with Gasteiger partial charge in [0.15, 0.2) is 0 Å². The van der Waals surface area contributed by atoms with E-state index in [0.717, 1.165) is 90.0 Å². The Morgan fingerprint density at radius 3 is 1.90 bits per heavy atom. The van der Waals surface area contributed by atoms with Crippen LogP contribution in [0.25, 0.3) is 47.7 Å². The van der Waals surface area contributed by atoms with E-state index in [1.807, 2.05) is 66.7 Å². The van der Waals surface area contributed by atoms with Crippen molar-refractivity contribution in [3.63, 3.8) is 0 Å². The number of nitriles is 3. The van der Waals surface area contributed by atoms with Gasteiger partial charge < -0.3 is 0 Å². The van der Waals surface area contributed by atoms with E-state index >= 15 is 0 Å². The number of ether oxygens (including phenoxy) is 1. The molecule has 0 N–H and O–H groups in total. The first kappa shape index (κ1) is 41.0. The molecule has 0 unspecified atom stereocenters. The molecule has 0 aliphatic carbocycles. The molecule has 0 radical (unpaired) electrons. The number of fused-ring (bicyclic) bond motifs is 11. The molecule has 12 aromatic rings. The SMILES string of the molecule is [2H]c1c([2H])c([2H])c(N(c2ccc(C#N)cc2)c2ccc3c(c2)[Se]c2cc(-n4c5ccc(C#N)cc5c5cc(C(C)(C)C)ccc54)cc4c2B3c2c(cc(N(c3ccccc3)c3ccc(C#N)cc3)c3c2sc2ccccc23)O4)c([2H])c1[2H]. The van der Waals surface area contributed by atoms with Gasteiger partial charge in [0.2, 0.25) is 0 Å². The van der Waals surface area contributed by atoms with E-state index in [1.165, 1.54) is 5.56 Å². The number of benzene rings is 10. The second kappa shape index (κ2) is 17.9. The molecule has 2 aliphatic rings. The van der Waals surface area contributed by atoms with E-state index in [0.29, 0.717) is 39.6 Å². The Hall–Kier alpha value is -9.33. The molecular formula is C67H43BN6OSSe. The van der Waals surface area contributed by atoms with Gasteiger partial charge in [0.1, 0.15) is 0 Å². The summed E-state index contributed by atoms with van der Waals surface area (Å²) in [4.78, 5) is 3.95. The number of thiophene rings is 1. The standard InChI is InChI=1S/C67H43BN6OSSe/c1-67(2,3)44-23-31-56-53(33-44)52-32-43(40-71)22-30-55(52)74(56)50-34-58-64-62(36-50)77-61-35-49(72(45-12-6-4-7-13-45)47-24-18-41(38-69)19-25-47)28-29-54(61)68(64)65-59(75-58)37-57(63-51-16-10-11-17-60(51)76-66(63)65)73(46-14-8-5-9-15-46)48-26-20-42(39-70)21-27-48/h4-37H,1-3H3/i4D,6D,7D,12D,13D. The van der Waals surface area contributed by atoms with Crippen molar-refractivity contribution in [1.82, 2.24) is 4.57 Å². The Kier molecular flexibility index (Phi) is 9.54. The van der Waals surface area contributed by atoms with Crippen LogP contribution in [-0.4, -0.2) is 26.2 Å². The van der Waals surface area contributed by atoms with Crippen molar-refractivity contribution in [3.8, 4) is 35.4 Å². The van der Waals surface area contributed by atoms with Gasteiger partial charge >= 0.3 is 455 Å². The van der Waals surface area contributed by atoms with Gasteiger partial charge in [-0.15, -0.1) is 0 Å². The summed E-state index contributed by atoms with van der Waals surface area (Å²) in [5.74, 6) is 1.40. The summed E-state index contributed by atoms with van der Waals surface area (Å²) in [6, 6.07) is 63.3.